The van der Waals surface area contributed by atoms with Crippen LogP contribution >= 0.6 is 11.3 Å². The Morgan fingerprint density at radius 2 is 2.04 bits per heavy atom. The Morgan fingerprint density at radius 1 is 1.31 bits per heavy atom. The minimum atomic E-state index is -0.667. The Bertz CT molecular complexity index is 1020. The Hall–Kier alpha value is -3.20. The van der Waals surface area contributed by atoms with Crippen molar-refractivity contribution in [3.63, 3.8) is 0 Å². The first-order chi connectivity index (χ1) is 12.4. The van der Waals surface area contributed by atoms with E-state index in [1.165, 1.54) is 18.4 Å². The lowest BCUT2D eigenvalue weighted by atomic mass is 10.3. The van der Waals surface area contributed by atoms with E-state index in [1.54, 1.807) is 24.3 Å². The highest BCUT2D eigenvalue weighted by Gasteiger charge is 2.19. The standard InChI is InChI=1S/C17H16N4O4S/c1-9-10(2)26-17(18-9)19-16(24)15-12(22)8-14(23)21(20-15)11-6-4-5-7-13(11)25-3/h4-8,22H,1-3H3,(H,18,19,24). The summed E-state index contributed by atoms with van der Waals surface area (Å²) in [6, 6.07) is 7.68. The number of aromatic hydroxyl groups is 1. The van der Waals surface area contributed by atoms with Crippen LogP contribution in [0.25, 0.3) is 5.69 Å². The minimum absolute atomic E-state index is 0.291. The fourth-order valence-electron chi connectivity index (χ4n) is 2.27. The molecule has 2 heterocycles. The number of thiazole rings is 1. The SMILES string of the molecule is COc1ccccc1-n1nc(C(=O)Nc2nc(C)c(C)s2)c(O)cc1=O. The van der Waals surface area contributed by atoms with E-state index in [-0.39, 0.29) is 5.69 Å². The van der Waals surface area contributed by atoms with Crippen molar-refractivity contribution in [1.82, 2.24) is 14.8 Å². The summed E-state index contributed by atoms with van der Waals surface area (Å²) in [5, 5.41) is 17.0. The fraction of sp³-hybridized carbons (Fsp3) is 0.176. The zero-order chi connectivity index (χ0) is 18.8. The molecule has 0 aliphatic heterocycles. The van der Waals surface area contributed by atoms with Crippen molar-refractivity contribution in [2.24, 2.45) is 0 Å². The zero-order valence-electron chi connectivity index (χ0n) is 14.3. The van der Waals surface area contributed by atoms with Crippen LogP contribution in [0.4, 0.5) is 5.13 Å². The van der Waals surface area contributed by atoms with Gasteiger partial charge in [0.15, 0.2) is 16.6 Å². The number of amides is 1. The third kappa shape index (κ3) is 3.29. The summed E-state index contributed by atoms with van der Waals surface area (Å²) in [5.74, 6) is -0.770. The summed E-state index contributed by atoms with van der Waals surface area (Å²) < 4.78 is 6.23. The molecule has 0 atom stereocenters. The third-order valence-corrected chi connectivity index (χ3v) is 4.68. The molecular formula is C17H16N4O4S. The lowest BCUT2D eigenvalue weighted by Crippen LogP contribution is -2.25. The van der Waals surface area contributed by atoms with E-state index in [4.69, 9.17) is 4.74 Å². The van der Waals surface area contributed by atoms with E-state index < -0.39 is 17.2 Å². The molecular weight excluding hydrogens is 356 g/mol. The normalized spacial score (nSPS) is 10.6. The smallest absolute Gasteiger partial charge is 0.281 e. The number of carbonyl (C=O) groups is 1. The highest BCUT2D eigenvalue weighted by Crippen LogP contribution is 2.24. The van der Waals surface area contributed by atoms with Crippen LogP contribution in [0.5, 0.6) is 11.5 Å². The summed E-state index contributed by atoms with van der Waals surface area (Å²) in [7, 11) is 1.46. The number of benzene rings is 1. The second kappa shape index (κ2) is 6.96. The number of aromatic nitrogens is 3. The number of hydrogen-bond donors (Lipinski definition) is 2. The maximum absolute atomic E-state index is 12.5. The molecule has 134 valence electrons. The molecule has 26 heavy (non-hydrogen) atoms. The predicted octanol–water partition coefficient (Wildman–Crippen LogP) is 2.27. The van der Waals surface area contributed by atoms with Crippen LogP contribution in [0.15, 0.2) is 35.1 Å². The summed E-state index contributed by atoms with van der Waals surface area (Å²) in [6.07, 6.45) is 0. The number of methoxy groups -OCH3 is 1. The van der Waals surface area contributed by atoms with Gasteiger partial charge in [-0.1, -0.05) is 12.1 Å². The van der Waals surface area contributed by atoms with Crippen molar-refractivity contribution in [2.75, 3.05) is 12.4 Å². The summed E-state index contributed by atoms with van der Waals surface area (Å²) in [4.78, 5) is 29.9. The molecule has 0 aliphatic rings. The second-order valence-electron chi connectivity index (χ2n) is 5.41. The molecule has 8 nitrogen and oxygen atoms in total. The van der Waals surface area contributed by atoms with Gasteiger partial charge < -0.3 is 9.84 Å². The molecule has 2 N–H and O–H groups in total. The predicted molar refractivity (Wildman–Crippen MR) is 97.6 cm³/mol. The van der Waals surface area contributed by atoms with Crippen molar-refractivity contribution < 1.29 is 14.6 Å². The van der Waals surface area contributed by atoms with Crippen LogP contribution in [0, 0.1) is 13.8 Å². The van der Waals surface area contributed by atoms with E-state index >= 15 is 0 Å². The first-order valence-electron chi connectivity index (χ1n) is 7.63. The largest absolute Gasteiger partial charge is 0.505 e. The Kier molecular flexibility index (Phi) is 4.72. The van der Waals surface area contributed by atoms with Gasteiger partial charge in [0, 0.05) is 10.9 Å². The van der Waals surface area contributed by atoms with Crippen LogP contribution in [0.1, 0.15) is 21.1 Å². The topological polar surface area (TPSA) is 106 Å². The number of carbonyl (C=O) groups excluding carboxylic acids is 1. The molecule has 9 heteroatoms. The van der Waals surface area contributed by atoms with Gasteiger partial charge in [-0.2, -0.15) is 9.78 Å². The molecule has 0 aliphatic carbocycles. The second-order valence-corrected chi connectivity index (χ2v) is 6.62. The molecule has 3 aromatic rings. The number of aryl methyl sites for hydroxylation is 2. The maximum Gasteiger partial charge on any atom is 0.281 e. The van der Waals surface area contributed by atoms with Gasteiger partial charge in [-0.05, 0) is 26.0 Å². The zero-order valence-corrected chi connectivity index (χ0v) is 15.1. The van der Waals surface area contributed by atoms with Crippen molar-refractivity contribution in [1.29, 1.82) is 0 Å². The average Bonchev–Trinajstić information content (AvgIpc) is 2.92. The monoisotopic (exact) mass is 372 g/mol. The fourth-order valence-corrected chi connectivity index (χ4v) is 3.08. The first-order valence-corrected chi connectivity index (χ1v) is 8.44. The lowest BCUT2D eigenvalue weighted by Gasteiger charge is -2.11. The van der Waals surface area contributed by atoms with E-state index in [0.717, 1.165) is 21.3 Å². The number of rotatable bonds is 4. The van der Waals surface area contributed by atoms with Gasteiger partial charge in [-0.3, -0.25) is 14.9 Å². The highest BCUT2D eigenvalue weighted by molar-refractivity contribution is 7.15. The highest BCUT2D eigenvalue weighted by atomic mass is 32.1. The molecule has 0 fully saturated rings. The number of ether oxygens (including phenoxy) is 1. The van der Waals surface area contributed by atoms with Gasteiger partial charge in [-0.15, -0.1) is 11.3 Å². The Morgan fingerprint density at radius 3 is 2.69 bits per heavy atom. The summed E-state index contributed by atoms with van der Waals surface area (Å²) in [5.41, 5.74) is 0.280. The van der Waals surface area contributed by atoms with Gasteiger partial charge in [0.25, 0.3) is 11.5 Å². The average molecular weight is 372 g/mol. The van der Waals surface area contributed by atoms with E-state index in [2.05, 4.69) is 15.4 Å². The number of anilines is 1. The number of hydrogen-bond acceptors (Lipinski definition) is 7. The van der Waals surface area contributed by atoms with E-state index in [9.17, 15) is 14.7 Å². The molecule has 1 aromatic carbocycles. The van der Waals surface area contributed by atoms with Gasteiger partial charge in [0.05, 0.1) is 12.8 Å². The van der Waals surface area contributed by atoms with Crippen LogP contribution in [-0.4, -0.2) is 32.9 Å². The number of nitrogens with zero attached hydrogens (tertiary/aromatic N) is 3. The Balaban J connectivity index is 2.03. The first kappa shape index (κ1) is 17.6. The molecule has 0 spiro atoms. The van der Waals surface area contributed by atoms with Crippen molar-refractivity contribution in [3.8, 4) is 17.2 Å². The van der Waals surface area contributed by atoms with Crippen LogP contribution in [0.3, 0.4) is 0 Å². The number of para-hydroxylation sites is 2. The van der Waals surface area contributed by atoms with Gasteiger partial charge >= 0.3 is 0 Å². The van der Waals surface area contributed by atoms with Crippen LogP contribution < -0.4 is 15.6 Å². The molecule has 1 amide bonds. The van der Waals surface area contributed by atoms with Crippen molar-refractivity contribution in [3.05, 3.63) is 57.0 Å². The quantitative estimate of drug-likeness (QED) is 0.728. The Labute approximate surface area is 152 Å². The van der Waals surface area contributed by atoms with Crippen LogP contribution in [0.2, 0.25) is 0 Å². The van der Waals surface area contributed by atoms with E-state index in [1.807, 2.05) is 13.8 Å². The van der Waals surface area contributed by atoms with Gasteiger partial charge in [-0.25, -0.2) is 4.98 Å². The summed E-state index contributed by atoms with van der Waals surface area (Å²) >= 11 is 1.31. The summed E-state index contributed by atoms with van der Waals surface area (Å²) in [6.45, 7) is 3.72. The molecule has 3 rings (SSSR count). The maximum atomic E-state index is 12.5. The van der Waals surface area contributed by atoms with Gasteiger partial charge in [0.2, 0.25) is 0 Å². The third-order valence-electron chi connectivity index (χ3n) is 3.69. The van der Waals surface area contributed by atoms with Crippen molar-refractivity contribution >= 4 is 22.4 Å². The molecule has 0 unspecified atom stereocenters. The molecule has 0 bridgehead atoms. The minimum Gasteiger partial charge on any atom is -0.505 e. The lowest BCUT2D eigenvalue weighted by molar-refractivity contribution is 0.101. The molecule has 0 saturated heterocycles. The van der Waals surface area contributed by atoms with E-state index in [0.29, 0.717) is 16.6 Å². The van der Waals surface area contributed by atoms with Crippen molar-refractivity contribution in [2.45, 2.75) is 13.8 Å². The molecule has 0 radical (unpaired) electrons. The molecule has 2 aromatic heterocycles. The van der Waals surface area contributed by atoms with Gasteiger partial charge in [0.1, 0.15) is 11.4 Å². The van der Waals surface area contributed by atoms with Crippen LogP contribution in [-0.2, 0) is 0 Å². The molecule has 0 saturated carbocycles. The number of nitrogens with one attached hydrogen (secondary N) is 1.